The minimum Gasteiger partial charge on any atom is -0.377 e. The summed E-state index contributed by atoms with van der Waals surface area (Å²) < 4.78 is 5.66. The quantitative estimate of drug-likeness (QED) is 0.755. The molecule has 0 spiro atoms. The van der Waals surface area contributed by atoms with E-state index < -0.39 is 0 Å². The van der Waals surface area contributed by atoms with Gasteiger partial charge in [-0.05, 0) is 51.7 Å². The molecule has 2 aliphatic heterocycles. The van der Waals surface area contributed by atoms with Crippen molar-refractivity contribution in [1.29, 1.82) is 0 Å². The molecule has 0 aliphatic carbocycles. The largest absolute Gasteiger partial charge is 0.377 e. The van der Waals surface area contributed by atoms with Crippen molar-refractivity contribution in [3.63, 3.8) is 0 Å². The van der Waals surface area contributed by atoms with Crippen LogP contribution in [-0.4, -0.2) is 50.8 Å². The molecule has 2 rings (SSSR count). The predicted octanol–water partition coefficient (Wildman–Crippen LogP) is 1.10. The van der Waals surface area contributed by atoms with E-state index in [4.69, 9.17) is 4.74 Å². The van der Waals surface area contributed by atoms with Crippen molar-refractivity contribution in [2.75, 3.05) is 39.8 Å². The predicted molar refractivity (Wildman–Crippen MR) is 62.1 cm³/mol. The Morgan fingerprint density at radius 2 is 2.00 bits per heavy atom. The summed E-state index contributed by atoms with van der Waals surface area (Å²) in [7, 11) is 2.24. The molecular weight excluding hydrogens is 188 g/mol. The minimum absolute atomic E-state index is 0.511. The van der Waals surface area contributed by atoms with Crippen LogP contribution in [0.1, 0.15) is 25.7 Å². The Morgan fingerprint density at radius 1 is 1.20 bits per heavy atom. The SMILES string of the molecule is CN(CC1CCNCC1)C[C@H]1CCCO1. The van der Waals surface area contributed by atoms with E-state index in [0.29, 0.717) is 6.10 Å². The van der Waals surface area contributed by atoms with Gasteiger partial charge in [0.15, 0.2) is 0 Å². The van der Waals surface area contributed by atoms with E-state index in [1.807, 2.05) is 0 Å². The molecular formula is C12H24N2O. The van der Waals surface area contributed by atoms with E-state index >= 15 is 0 Å². The highest BCUT2D eigenvalue weighted by atomic mass is 16.5. The number of piperidine rings is 1. The summed E-state index contributed by atoms with van der Waals surface area (Å²) in [5.41, 5.74) is 0. The van der Waals surface area contributed by atoms with Crippen LogP contribution in [0.15, 0.2) is 0 Å². The van der Waals surface area contributed by atoms with Crippen LogP contribution in [0.2, 0.25) is 0 Å². The molecule has 0 aromatic rings. The first-order valence-electron chi connectivity index (χ1n) is 6.35. The van der Waals surface area contributed by atoms with E-state index in [0.717, 1.165) is 19.1 Å². The van der Waals surface area contributed by atoms with Crippen molar-refractivity contribution in [3.05, 3.63) is 0 Å². The summed E-state index contributed by atoms with van der Waals surface area (Å²) in [6.45, 7) is 5.77. The molecule has 2 fully saturated rings. The highest BCUT2D eigenvalue weighted by molar-refractivity contribution is 4.74. The zero-order chi connectivity index (χ0) is 10.5. The van der Waals surface area contributed by atoms with Crippen molar-refractivity contribution >= 4 is 0 Å². The number of nitrogens with one attached hydrogen (secondary N) is 1. The molecule has 3 heteroatoms. The van der Waals surface area contributed by atoms with E-state index in [9.17, 15) is 0 Å². The fourth-order valence-corrected chi connectivity index (χ4v) is 2.72. The third-order valence-corrected chi connectivity index (χ3v) is 3.57. The van der Waals surface area contributed by atoms with E-state index in [1.54, 1.807) is 0 Å². The monoisotopic (exact) mass is 212 g/mol. The first-order chi connectivity index (χ1) is 7.34. The maximum atomic E-state index is 5.66. The fraction of sp³-hybridized carbons (Fsp3) is 1.00. The van der Waals surface area contributed by atoms with E-state index in [1.165, 1.54) is 45.3 Å². The first-order valence-corrected chi connectivity index (χ1v) is 6.35. The van der Waals surface area contributed by atoms with Crippen LogP contribution in [-0.2, 0) is 4.74 Å². The van der Waals surface area contributed by atoms with Crippen LogP contribution in [0.5, 0.6) is 0 Å². The summed E-state index contributed by atoms with van der Waals surface area (Å²) >= 11 is 0. The van der Waals surface area contributed by atoms with Crippen molar-refractivity contribution < 1.29 is 4.74 Å². The lowest BCUT2D eigenvalue weighted by atomic mass is 9.97. The molecule has 0 radical (unpaired) electrons. The van der Waals surface area contributed by atoms with Crippen LogP contribution in [0.4, 0.5) is 0 Å². The van der Waals surface area contributed by atoms with Gasteiger partial charge in [0.2, 0.25) is 0 Å². The molecule has 0 unspecified atom stereocenters. The van der Waals surface area contributed by atoms with Gasteiger partial charge >= 0.3 is 0 Å². The second kappa shape index (κ2) is 5.83. The van der Waals surface area contributed by atoms with Gasteiger partial charge in [0, 0.05) is 19.7 Å². The van der Waals surface area contributed by atoms with Crippen LogP contribution in [0, 0.1) is 5.92 Å². The Kier molecular flexibility index (Phi) is 4.42. The Hall–Kier alpha value is -0.120. The van der Waals surface area contributed by atoms with Crippen LogP contribution >= 0.6 is 0 Å². The Morgan fingerprint density at radius 3 is 2.67 bits per heavy atom. The van der Waals surface area contributed by atoms with Crippen LogP contribution in [0.3, 0.4) is 0 Å². The van der Waals surface area contributed by atoms with E-state index in [2.05, 4.69) is 17.3 Å². The summed E-state index contributed by atoms with van der Waals surface area (Å²) in [6, 6.07) is 0. The van der Waals surface area contributed by atoms with Crippen molar-refractivity contribution in [1.82, 2.24) is 10.2 Å². The van der Waals surface area contributed by atoms with Gasteiger partial charge < -0.3 is 15.0 Å². The Labute approximate surface area is 93.2 Å². The zero-order valence-electron chi connectivity index (χ0n) is 9.87. The maximum Gasteiger partial charge on any atom is 0.0702 e. The zero-order valence-corrected chi connectivity index (χ0v) is 9.87. The summed E-state index contributed by atoms with van der Waals surface area (Å²) in [4.78, 5) is 2.46. The number of hydrogen-bond donors (Lipinski definition) is 1. The van der Waals surface area contributed by atoms with Gasteiger partial charge in [-0.2, -0.15) is 0 Å². The number of rotatable bonds is 4. The Balaban J connectivity index is 1.64. The second-order valence-corrected chi connectivity index (χ2v) is 5.05. The van der Waals surface area contributed by atoms with Crippen LogP contribution in [0.25, 0.3) is 0 Å². The molecule has 15 heavy (non-hydrogen) atoms. The Bertz CT molecular complexity index is 174. The van der Waals surface area contributed by atoms with Gasteiger partial charge in [0.1, 0.15) is 0 Å². The van der Waals surface area contributed by atoms with Crippen molar-refractivity contribution in [2.24, 2.45) is 5.92 Å². The molecule has 88 valence electrons. The lowest BCUT2D eigenvalue weighted by Gasteiger charge is -2.28. The average Bonchev–Trinajstić information content (AvgIpc) is 2.71. The minimum atomic E-state index is 0.511. The number of ether oxygens (including phenoxy) is 1. The molecule has 3 nitrogen and oxygen atoms in total. The molecule has 0 aromatic heterocycles. The highest BCUT2D eigenvalue weighted by Gasteiger charge is 2.20. The van der Waals surface area contributed by atoms with Crippen molar-refractivity contribution in [3.8, 4) is 0 Å². The van der Waals surface area contributed by atoms with Crippen LogP contribution < -0.4 is 5.32 Å². The summed E-state index contributed by atoms with van der Waals surface area (Å²) in [5.74, 6) is 0.901. The molecule has 2 aliphatic rings. The third-order valence-electron chi connectivity index (χ3n) is 3.57. The lowest BCUT2D eigenvalue weighted by molar-refractivity contribution is 0.0748. The molecule has 2 heterocycles. The van der Waals surface area contributed by atoms with E-state index in [-0.39, 0.29) is 0 Å². The molecule has 0 aromatic carbocycles. The smallest absolute Gasteiger partial charge is 0.0702 e. The fourth-order valence-electron chi connectivity index (χ4n) is 2.72. The van der Waals surface area contributed by atoms with Gasteiger partial charge in [-0.1, -0.05) is 0 Å². The number of hydrogen-bond acceptors (Lipinski definition) is 3. The molecule has 1 N–H and O–H groups in total. The van der Waals surface area contributed by atoms with Gasteiger partial charge in [0.05, 0.1) is 6.10 Å². The average molecular weight is 212 g/mol. The third kappa shape index (κ3) is 3.74. The maximum absolute atomic E-state index is 5.66. The molecule has 0 bridgehead atoms. The van der Waals surface area contributed by atoms with Gasteiger partial charge in [-0.15, -0.1) is 0 Å². The molecule has 2 saturated heterocycles. The topological polar surface area (TPSA) is 24.5 Å². The number of likely N-dealkylation sites (N-methyl/N-ethyl adjacent to an activating group) is 1. The molecule has 0 saturated carbocycles. The second-order valence-electron chi connectivity index (χ2n) is 5.05. The summed E-state index contributed by atoms with van der Waals surface area (Å²) in [5, 5.41) is 3.42. The van der Waals surface area contributed by atoms with Gasteiger partial charge in [-0.25, -0.2) is 0 Å². The standard InChI is InChI=1S/C12H24N2O/c1-14(10-12-3-2-8-15-12)9-11-4-6-13-7-5-11/h11-13H,2-10H2,1H3/t12-/m1/s1. The first kappa shape index (κ1) is 11.4. The molecule has 1 atom stereocenters. The number of nitrogens with zero attached hydrogens (tertiary/aromatic N) is 1. The van der Waals surface area contributed by atoms with Gasteiger partial charge in [0.25, 0.3) is 0 Å². The lowest BCUT2D eigenvalue weighted by Crippen LogP contribution is -2.37. The van der Waals surface area contributed by atoms with Gasteiger partial charge in [-0.3, -0.25) is 0 Å². The van der Waals surface area contributed by atoms with Crippen molar-refractivity contribution in [2.45, 2.75) is 31.8 Å². The normalized spacial score (nSPS) is 28.8. The molecule has 0 amide bonds. The highest BCUT2D eigenvalue weighted by Crippen LogP contribution is 2.16. The summed E-state index contributed by atoms with van der Waals surface area (Å²) in [6.07, 6.45) is 5.71.